The molecule has 4 aliphatic rings. The van der Waals surface area contributed by atoms with Crippen molar-refractivity contribution in [3.05, 3.63) is 58.6 Å². The molecule has 34 heavy (non-hydrogen) atoms. The molecule has 1 spiro atoms. The van der Waals surface area contributed by atoms with Crippen LogP contribution in [0.4, 0.5) is 11.4 Å². The fraction of sp³-hybridized carbons (Fsp3) is 0.360. The number of carbonyl (C=O) groups excluding carboxylic acids is 4. The molecule has 0 saturated carbocycles. The highest BCUT2D eigenvalue weighted by Crippen LogP contribution is 2.60. The summed E-state index contributed by atoms with van der Waals surface area (Å²) in [6.45, 7) is 2.60. The Labute approximate surface area is 200 Å². The Bertz CT molecular complexity index is 1260. The maximum Gasteiger partial charge on any atom is 0.338 e. The van der Waals surface area contributed by atoms with Gasteiger partial charge in [-0.1, -0.05) is 11.6 Å². The zero-order valence-corrected chi connectivity index (χ0v) is 19.2. The normalized spacial score (nSPS) is 29.4. The van der Waals surface area contributed by atoms with Crippen molar-refractivity contribution in [1.82, 2.24) is 4.90 Å². The first-order chi connectivity index (χ1) is 16.4. The Balaban J connectivity index is 1.45. The molecule has 4 aliphatic heterocycles. The van der Waals surface area contributed by atoms with E-state index in [1.807, 2.05) is 0 Å². The van der Waals surface area contributed by atoms with Crippen molar-refractivity contribution in [3.63, 3.8) is 0 Å². The third-order valence-electron chi connectivity index (χ3n) is 7.59. The first-order valence-corrected chi connectivity index (χ1v) is 11.8. The average Bonchev–Trinajstić information content (AvgIpc) is 3.53. The quantitative estimate of drug-likeness (QED) is 0.537. The summed E-state index contributed by atoms with van der Waals surface area (Å²) in [6, 6.07) is 11.2. The third kappa shape index (κ3) is 2.58. The van der Waals surface area contributed by atoms with Crippen molar-refractivity contribution in [2.45, 2.75) is 31.3 Å². The van der Waals surface area contributed by atoms with E-state index < -0.39 is 29.3 Å². The number of nitrogens with zero attached hydrogens (tertiary/aromatic N) is 2. The molecule has 0 aliphatic carbocycles. The van der Waals surface area contributed by atoms with Crippen molar-refractivity contribution >= 4 is 46.7 Å². The number of rotatable bonds is 3. The lowest BCUT2D eigenvalue weighted by molar-refractivity contribution is -0.135. The van der Waals surface area contributed by atoms with Gasteiger partial charge in [0.05, 0.1) is 29.7 Å². The van der Waals surface area contributed by atoms with Crippen molar-refractivity contribution in [2.24, 2.45) is 11.8 Å². The number of fused-ring (bicyclic) bond motifs is 7. The van der Waals surface area contributed by atoms with Gasteiger partial charge < -0.3 is 10.1 Å². The molecule has 1 N–H and O–H groups in total. The highest BCUT2D eigenvalue weighted by atomic mass is 35.5. The van der Waals surface area contributed by atoms with Gasteiger partial charge in [0.2, 0.25) is 17.7 Å². The predicted octanol–water partition coefficient (Wildman–Crippen LogP) is 2.95. The van der Waals surface area contributed by atoms with Crippen LogP contribution in [0.3, 0.4) is 0 Å². The molecular weight excluding hydrogens is 458 g/mol. The molecule has 174 valence electrons. The van der Waals surface area contributed by atoms with Gasteiger partial charge in [-0.25, -0.2) is 9.69 Å². The van der Waals surface area contributed by atoms with E-state index in [9.17, 15) is 19.2 Å². The number of anilines is 2. The second kappa shape index (κ2) is 7.38. The summed E-state index contributed by atoms with van der Waals surface area (Å²) in [4.78, 5) is 56.5. The van der Waals surface area contributed by atoms with E-state index in [1.165, 1.54) is 17.0 Å². The van der Waals surface area contributed by atoms with Crippen LogP contribution in [0.2, 0.25) is 5.02 Å². The first kappa shape index (κ1) is 21.3. The SMILES string of the molecule is CCOC(=O)c1ccc(N2C(=O)[C@@H]3[C@H]4CCCN4[C@@]4(C(=O)Nc5ccc(Cl)cc54)[C@@H]3C2=O)cc1. The fourth-order valence-electron chi connectivity index (χ4n) is 6.39. The molecule has 4 atom stereocenters. The van der Waals surface area contributed by atoms with E-state index in [1.54, 1.807) is 37.3 Å². The van der Waals surface area contributed by atoms with Crippen LogP contribution in [0.1, 0.15) is 35.7 Å². The molecule has 8 nitrogen and oxygen atoms in total. The van der Waals surface area contributed by atoms with Crippen LogP contribution in [0.5, 0.6) is 0 Å². The van der Waals surface area contributed by atoms with Crippen LogP contribution >= 0.6 is 11.6 Å². The van der Waals surface area contributed by atoms with Crippen LogP contribution in [-0.4, -0.2) is 47.8 Å². The van der Waals surface area contributed by atoms with Crippen molar-refractivity contribution in [1.29, 1.82) is 0 Å². The maximum absolute atomic E-state index is 13.9. The van der Waals surface area contributed by atoms with Crippen LogP contribution in [0.15, 0.2) is 42.5 Å². The Morgan fingerprint density at radius 2 is 1.91 bits per heavy atom. The van der Waals surface area contributed by atoms with Gasteiger partial charge in [0, 0.05) is 22.3 Å². The third-order valence-corrected chi connectivity index (χ3v) is 7.83. The highest BCUT2D eigenvalue weighted by molar-refractivity contribution is 6.31. The number of amides is 3. The minimum Gasteiger partial charge on any atom is -0.462 e. The highest BCUT2D eigenvalue weighted by Gasteiger charge is 2.74. The van der Waals surface area contributed by atoms with E-state index in [2.05, 4.69) is 10.2 Å². The molecular formula is C25H22ClN3O5. The molecule has 9 heteroatoms. The molecule has 6 rings (SSSR count). The van der Waals surface area contributed by atoms with Gasteiger partial charge in [-0.15, -0.1) is 0 Å². The van der Waals surface area contributed by atoms with E-state index in [0.717, 1.165) is 12.8 Å². The van der Waals surface area contributed by atoms with Crippen molar-refractivity contribution < 1.29 is 23.9 Å². The van der Waals surface area contributed by atoms with E-state index in [-0.39, 0.29) is 24.5 Å². The summed E-state index contributed by atoms with van der Waals surface area (Å²) in [5, 5.41) is 3.40. The molecule has 0 bridgehead atoms. The van der Waals surface area contributed by atoms with Gasteiger partial charge in [0.1, 0.15) is 5.54 Å². The molecule has 0 radical (unpaired) electrons. The second-order valence-electron chi connectivity index (χ2n) is 9.10. The first-order valence-electron chi connectivity index (χ1n) is 11.4. The summed E-state index contributed by atoms with van der Waals surface area (Å²) < 4.78 is 5.01. The summed E-state index contributed by atoms with van der Waals surface area (Å²) in [5.41, 5.74) is 0.727. The minimum atomic E-state index is -1.27. The number of benzene rings is 2. The molecule has 0 aromatic heterocycles. The number of hydrogen-bond acceptors (Lipinski definition) is 6. The van der Waals surface area contributed by atoms with Crippen LogP contribution in [0, 0.1) is 11.8 Å². The Kier molecular flexibility index (Phi) is 4.63. The summed E-state index contributed by atoms with van der Waals surface area (Å²) >= 11 is 6.31. The molecule has 2 aromatic rings. The molecule has 3 amide bonds. The lowest BCUT2D eigenvalue weighted by Gasteiger charge is -2.36. The maximum atomic E-state index is 13.9. The molecule has 4 heterocycles. The molecule has 2 aromatic carbocycles. The lowest BCUT2D eigenvalue weighted by atomic mass is 9.75. The van der Waals surface area contributed by atoms with Gasteiger partial charge in [0.15, 0.2) is 0 Å². The van der Waals surface area contributed by atoms with E-state index in [0.29, 0.717) is 34.1 Å². The van der Waals surface area contributed by atoms with Crippen LogP contribution in [0.25, 0.3) is 0 Å². The van der Waals surface area contributed by atoms with Gasteiger partial charge in [0.25, 0.3) is 0 Å². The zero-order valence-electron chi connectivity index (χ0n) is 18.4. The van der Waals surface area contributed by atoms with Crippen LogP contribution < -0.4 is 10.2 Å². The number of carbonyl (C=O) groups is 4. The zero-order chi connectivity index (χ0) is 23.8. The summed E-state index contributed by atoms with van der Waals surface area (Å²) in [6.07, 6.45) is 1.58. The van der Waals surface area contributed by atoms with E-state index in [4.69, 9.17) is 16.3 Å². The van der Waals surface area contributed by atoms with E-state index >= 15 is 0 Å². The van der Waals surface area contributed by atoms with Gasteiger partial charge >= 0.3 is 5.97 Å². The second-order valence-corrected chi connectivity index (χ2v) is 9.53. The summed E-state index contributed by atoms with van der Waals surface area (Å²) in [5.74, 6) is -2.95. The average molecular weight is 480 g/mol. The van der Waals surface area contributed by atoms with Crippen molar-refractivity contribution in [2.75, 3.05) is 23.4 Å². The van der Waals surface area contributed by atoms with Gasteiger partial charge in [-0.3, -0.25) is 19.3 Å². The minimum absolute atomic E-state index is 0.207. The van der Waals surface area contributed by atoms with Gasteiger partial charge in [-0.05, 0) is 68.8 Å². The topological polar surface area (TPSA) is 96.0 Å². The number of ether oxygens (including phenoxy) is 1. The Hall–Kier alpha value is -3.23. The number of nitrogens with one attached hydrogen (secondary N) is 1. The molecule has 0 unspecified atom stereocenters. The molecule has 3 saturated heterocycles. The van der Waals surface area contributed by atoms with Gasteiger partial charge in [-0.2, -0.15) is 0 Å². The van der Waals surface area contributed by atoms with Crippen LogP contribution in [-0.2, 0) is 24.7 Å². The lowest BCUT2D eigenvalue weighted by Crippen LogP contribution is -2.54. The summed E-state index contributed by atoms with van der Waals surface area (Å²) in [7, 11) is 0. The fourth-order valence-corrected chi connectivity index (χ4v) is 6.56. The Morgan fingerprint density at radius 3 is 2.65 bits per heavy atom. The smallest absolute Gasteiger partial charge is 0.338 e. The monoisotopic (exact) mass is 479 g/mol. The standard InChI is InChI=1S/C25H22ClN3O5/c1-2-34-23(32)13-5-8-15(9-6-13)29-21(30)19-18-4-3-11-28(18)25(20(19)22(29)31)16-12-14(26)7-10-17(16)27-24(25)33/h5-10,12,18-20H,2-4,11H2,1H3,(H,27,33)/t18-,19-,20+,25-/m1/s1. The number of halogens is 1. The Morgan fingerprint density at radius 1 is 1.15 bits per heavy atom. The van der Waals surface area contributed by atoms with Crippen molar-refractivity contribution in [3.8, 4) is 0 Å². The number of esters is 1. The predicted molar refractivity (Wildman–Crippen MR) is 123 cm³/mol. The number of hydrogen-bond donors (Lipinski definition) is 1. The number of imide groups is 1. The largest absolute Gasteiger partial charge is 0.462 e. The molecule has 3 fully saturated rings.